The van der Waals surface area contributed by atoms with Gasteiger partial charge in [-0.05, 0) is 43.4 Å². The fourth-order valence-electron chi connectivity index (χ4n) is 4.15. The summed E-state index contributed by atoms with van der Waals surface area (Å²) >= 11 is 11.5. The lowest BCUT2D eigenvalue weighted by atomic mass is 9.89. The molecule has 4 N–H and O–H groups in total. The molecule has 2 aliphatic rings. The Labute approximate surface area is 246 Å². The predicted octanol–water partition coefficient (Wildman–Crippen LogP) is 5.91. The van der Waals surface area contributed by atoms with Crippen LogP contribution in [0.4, 0.5) is 47.3 Å². The average Bonchev–Trinajstić information content (AvgIpc) is 3.46. The molecule has 2 aromatic carbocycles. The second kappa shape index (κ2) is 11.5. The van der Waals surface area contributed by atoms with E-state index in [1.807, 2.05) is 10.6 Å². The first-order valence-electron chi connectivity index (χ1n) is 11.6. The Morgan fingerprint density at radius 1 is 0.907 bits per heavy atom. The van der Waals surface area contributed by atoms with E-state index in [1.165, 1.54) is 24.3 Å². The number of aromatic nitrogens is 1. The molecule has 0 spiro atoms. The third kappa shape index (κ3) is 6.00. The number of carbonyl (C=O) groups excluding carboxylic acids is 3. The normalized spacial score (nSPS) is 21.0. The Bertz CT molecular complexity index is 1550. The van der Waals surface area contributed by atoms with E-state index in [2.05, 4.69) is 25.1 Å². The van der Waals surface area contributed by atoms with Crippen LogP contribution < -0.4 is 21.3 Å². The van der Waals surface area contributed by atoms with Gasteiger partial charge in [-0.3, -0.25) is 20.7 Å². The van der Waals surface area contributed by atoms with Crippen LogP contribution in [0.1, 0.15) is 21.7 Å². The molecular formula is C24H17Cl2F6N5O6. The molecule has 0 aliphatic carbocycles. The Morgan fingerprint density at radius 3 is 1.98 bits per heavy atom. The Balaban J connectivity index is 0.000000208. The van der Waals surface area contributed by atoms with Gasteiger partial charge in [0.1, 0.15) is 0 Å². The van der Waals surface area contributed by atoms with Gasteiger partial charge in [0.2, 0.25) is 5.76 Å². The van der Waals surface area contributed by atoms with Gasteiger partial charge in [-0.15, -0.1) is 0 Å². The maximum Gasteiger partial charge on any atom is 0.447 e. The topological polar surface area (TPSA) is 144 Å². The number of hydrogen-bond donors (Lipinski definition) is 4. The van der Waals surface area contributed by atoms with Gasteiger partial charge >= 0.3 is 24.5 Å². The minimum atomic E-state index is -5.03. The van der Waals surface area contributed by atoms with Crippen molar-refractivity contribution in [3.05, 3.63) is 75.9 Å². The zero-order valence-electron chi connectivity index (χ0n) is 21.2. The molecule has 3 aromatic rings. The number of hydrogen-bond acceptors (Lipinski definition) is 8. The van der Waals surface area contributed by atoms with Gasteiger partial charge in [-0.2, -0.15) is 26.3 Å². The molecule has 0 saturated carbocycles. The SMILES string of the molecule is CNC1(C(F)(F)F)OC(=O)Nc2ccc(Cl)cc21.O=C1Nc2ccc(Cl)cc2C(CNC(=O)c2cnco2)(C(F)(F)F)O1. The van der Waals surface area contributed by atoms with Gasteiger partial charge in [0, 0.05) is 21.2 Å². The molecule has 3 heterocycles. The summed E-state index contributed by atoms with van der Waals surface area (Å²) < 4.78 is 94.8. The highest BCUT2D eigenvalue weighted by Gasteiger charge is 2.63. The van der Waals surface area contributed by atoms with Crippen molar-refractivity contribution in [2.45, 2.75) is 23.7 Å². The first kappa shape index (κ1) is 31.7. The molecule has 0 radical (unpaired) electrons. The summed E-state index contributed by atoms with van der Waals surface area (Å²) in [6.45, 7) is -1.07. The number of carbonyl (C=O) groups is 3. The number of nitrogens with zero attached hydrogens (tertiary/aromatic N) is 1. The summed E-state index contributed by atoms with van der Waals surface area (Å²) in [6, 6.07) is 7.32. The number of anilines is 2. The molecule has 230 valence electrons. The molecule has 3 amide bonds. The van der Waals surface area contributed by atoms with Crippen molar-refractivity contribution in [3.63, 3.8) is 0 Å². The van der Waals surface area contributed by atoms with Crippen molar-refractivity contribution >= 4 is 52.7 Å². The quantitative estimate of drug-likeness (QED) is 0.254. The van der Waals surface area contributed by atoms with E-state index in [-0.39, 0.29) is 32.7 Å². The predicted molar refractivity (Wildman–Crippen MR) is 136 cm³/mol. The van der Waals surface area contributed by atoms with E-state index < -0.39 is 53.9 Å². The molecular weight excluding hydrogens is 639 g/mol. The lowest BCUT2D eigenvalue weighted by Crippen LogP contribution is -2.58. The van der Waals surface area contributed by atoms with Gasteiger partial charge in [0.05, 0.1) is 24.1 Å². The maximum atomic E-state index is 13.8. The fourth-order valence-corrected chi connectivity index (χ4v) is 4.50. The van der Waals surface area contributed by atoms with Gasteiger partial charge < -0.3 is 19.2 Å². The summed E-state index contributed by atoms with van der Waals surface area (Å²) in [6.07, 6.45) is -10.3. The Morgan fingerprint density at radius 2 is 1.47 bits per heavy atom. The number of benzene rings is 2. The number of fused-ring (bicyclic) bond motifs is 2. The number of amides is 3. The van der Waals surface area contributed by atoms with Crippen molar-refractivity contribution in [1.82, 2.24) is 15.6 Å². The Kier molecular flexibility index (Phi) is 8.45. The van der Waals surface area contributed by atoms with E-state index in [0.717, 1.165) is 31.8 Å². The lowest BCUT2D eigenvalue weighted by molar-refractivity contribution is -0.275. The minimum Gasteiger partial charge on any atom is -0.438 e. The van der Waals surface area contributed by atoms with Crippen molar-refractivity contribution in [1.29, 1.82) is 0 Å². The molecule has 5 rings (SSSR count). The van der Waals surface area contributed by atoms with Crippen LogP contribution in [0.25, 0.3) is 0 Å². The van der Waals surface area contributed by atoms with Crippen LogP contribution in [0, 0.1) is 0 Å². The number of rotatable bonds is 4. The highest BCUT2D eigenvalue weighted by Crippen LogP contribution is 2.48. The van der Waals surface area contributed by atoms with Crippen molar-refractivity contribution in [3.8, 4) is 0 Å². The van der Waals surface area contributed by atoms with Gasteiger partial charge in [-0.25, -0.2) is 14.6 Å². The van der Waals surface area contributed by atoms with Crippen LogP contribution in [0.3, 0.4) is 0 Å². The number of alkyl halides is 6. The number of oxazole rings is 1. The molecule has 0 bridgehead atoms. The minimum absolute atomic E-state index is 0.00215. The van der Waals surface area contributed by atoms with Crippen LogP contribution in [0.15, 0.2) is 53.4 Å². The van der Waals surface area contributed by atoms with Crippen LogP contribution in [-0.2, 0) is 20.8 Å². The molecule has 1 aromatic heterocycles. The van der Waals surface area contributed by atoms with Crippen molar-refractivity contribution in [2.75, 3.05) is 24.2 Å². The monoisotopic (exact) mass is 655 g/mol. The van der Waals surface area contributed by atoms with Gasteiger partial charge in [0.15, 0.2) is 6.39 Å². The van der Waals surface area contributed by atoms with Crippen molar-refractivity contribution in [2.24, 2.45) is 0 Å². The first-order valence-corrected chi connectivity index (χ1v) is 12.4. The molecule has 11 nitrogen and oxygen atoms in total. The second-order valence-electron chi connectivity index (χ2n) is 8.71. The summed E-state index contributed by atoms with van der Waals surface area (Å²) in [5.74, 6) is -1.23. The molecule has 0 saturated heterocycles. The largest absolute Gasteiger partial charge is 0.447 e. The first-order chi connectivity index (χ1) is 20.0. The molecule has 2 atom stereocenters. The van der Waals surface area contributed by atoms with E-state index in [1.54, 1.807) is 0 Å². The molecule has 2 unspecified atom stereocenters. The molecule has 43 heavy (non-hydrogen) atoms. The maximum absolute atomic E-state index is 13.8. The third-order valence-corrected chi connectivity index (χ3v) is 6.60. The lowest BCUT2D eigenvalue weighted by Gasteiger charge is -2.39. The van der Waals surface area contributed by atoms with E-state index >= 15 is 0 Å². The standard InChI is InChI=1S/C14H9ClF3N3O4.C10H8ClF3N2O2/c15-7-1-2-9-8(3-7)13(14(16,17)18,25-12(23)21-9)5-20-11(22)10-4-19-6-24-10;1-15-9(10(12,13)14)6-4-5(11)2-3-7(6)16-8(17)18-9/h1-4,6H,5H2,(H,20,22)(H,21,23);2-4,15H,1H3,(H,16,17). The smallest absolute Gasteiger partial charge is 0.438 e. The number of ether oxygens (including phenoxy) is 2. The van der Waals surface area contributed by atoms with Crippen LogP contribution >= 0.6 is 23.2 Å². The van der Waals surface area contributed by atoms with Crippen LogP contribution in [-0.4, -0.2) is 49.0 Å². The van der Waals surface area contributed by atoms with E-state index in [4.69, 9.17) is 27.6 Å². The van der Waals surface area contributed by atoms with E-state index in [0.29, 0.717) is 0 Å². The highest BCUT2D eigenvalue weighted by atomic mass is 35.5. The summed E-state index contributed by atoms with van der Waals surface area (Å²) in [7, 11) is 1.05. The second-order valence-corrected chi connectivity index (χ2v) is 9.58. The number of cyclic esters (lactones) is 2. The fraction of sp³-hybridized carbons (Fsp3) is 0.250. The van der Waals surface area contributed by atoms with Crippen LogP contribution in [0.2, 0.25) is 10.0 Å². The average molecular weight is 656 g/mol. The number of halogens is 8. The highest BCUT2D eigenvalue weighted by molar-refractivity contribution is 6.31. The third-order valence-electron chi connectivity index (χ3n) is 6.13. The van der Waals surface area contributed by atoms with Crippen LogP contribution in [0.5, 0.6) is 0 Å². The van der Waals surface area contributed by atoms with Gasteiger partial charge in [0.25, 0.3) is 17.2 Å². The summed E-state index contributed by atoms with van der Waals surface area (Å²) in [5, 5.41) is 8.52. The molecule has 0 fully saturated rings. The zero-order chi connectivity index (χ0) is 31.8. The summed E-state index contributed by atoms with van der Waals surface area (Å²) in [4.78, 5) is 38.2. The van der Waals surface area contributed by atoms with E-state index in [9.17, 15) is 40.7 Å². The molecule has 2 aliphatic heterocycles. The van der Waals surface area contributed by atoms with Crippen molar-refractivity contribution < 1.29 is 54.6 Å². The Hall–Kier alpha value is -4.22. The number of nitrogens with one attached hydrogen (secondary N) is 4. The zero-order valence-corrected chi connectivity index (χ0v) is 22.8. The molecule has 19 heteroatoms. The summed E-state index contributed by atoms with van der Waals surface area (Å²) in [5.41, 5.74) is -6.83. The van der Waals surface area contributed by atoms with Gasteiger partial charge in [-0.1, -0.05) is 23.2 Å².